The minimum atomic E-state index is -3.73. The van der Waals surface area contributed by atoms with E-state index < -0.39 is 15.6 Å². The molecule has 0 radical (unpaired) electrons. The topological polar surface area (TPSA) is 101 Å². The van der Waals surface area contributed by atoms with Gasteiger partial charge in [0.25, 0.3) is 0 Å². The van der Waals surface area contributed by atoms with Gasteiger partial charge in [-0.15, -0.1) is 12.4 Å². The number of carbonyl (C=O) groups excluding carboxylic acids is 1. The Kier molecular flexibility index (Phi) is 7.58. The number of rotatable bonds is 7. The number of hydrogen-bond donors (Lipinski definition) is 3. The van der Waals surface area contributed by atoms with Gasteiger partial charge in [-0.25, -0.2) is 13.1 Å². The Morgan fingerprint density at radius 1 is 1.08 bits per heavy atom. The number of halogens is 1. The zero-order chi connectivity index (χ0) is 18.7. The van der Waals surface area contributed by atoms with Crippen LogP contribution < -0.4 is 15.8 Å². The summed E-state index contributed by atoms with van der Waals surface area (Å²) >= 11 is 0. The average Bonchev–Trinajstić information content (AvgIpc) is 2.59. The van der Waals surface area contributed by atoms with Gasteiger partial charge < -0.3 is 11.1 Å². The lowest BCUT2D eigenvalue weighted by Crippen LogP contribution is -2.49. The molecule has 26 heavy (non-hydrogen) atoms. The molecular formula is C18H26ClN3O3S. The Bertz CT molecular complexity index is 880. The smallest absolute Gasteiger partial charge is 0.241 e. The maximum absolute atomic E-state index is 12.8. The fraction of sp³-hybridized carbons (Fsp3) is 0.389. The van der Waals surface area contributed by atoms with E-state index >= 15 is 0 Å². The largest absolute Gasteiger partial charge is 0.326 e. The van der Waals surface area contributed by atoms with Crippen LogP contribution in [0.25, 0.3) is 10.8 Å². The fourth-order valence-electron chi connectivity index (χ4n) is 2.62. The number of fused-ring (bicyclic) bond motifs is 1. The van der Waals surface area contributed by atoms with Gasteiger partial charge >= 0.3 is 0 Å². The number of nitrogens with two attached hydrogens (primary N) is 1. The number of anilines is 1. The van der Waals surface area contributed by atoms with Gasteiger partial charge in [0.15, 0.2) is 0 Å². The first-order valence-corrected chi connectivity index (χ1v) is 9.78. The monoisotopic (exact) mass is 399 g/mol. The van der Waals surface area contributed by atoms with Gasteiger partial charge in [-0.1, -0.05) is 38.1 Å². The van der Waals surface area contributed by atoms with E-state index in [2.05, 4.69) is 10.0 Å². The van der Waals surface area contributed by atoms with Crippen LogP contribution in [0.3, 0.4) is 0 Å². The SMILES string of the molecule is CCC(N)(CC)CNS(=O)(=O)c1ccc(NC(C)=O)c2ccccc12.Cl. The Morgan fingerprint density at radius 3 is 2.19 bits per heavy atom. The molecule has 0 unspecified atom stereocenters. The van der Waals surface area contributed by atoms with Crippen LogP contribution in [0.1, 0.15) is 33.6 Å². The molecule has 0 aromatic heterocycles. The van der Waals surface area contributed by atoms with Crippen molar-refractivity contribution in [2.75, 3.05) is 11.9 Å². The first-order chi connectivity index (χ1) is 11.7. The van der Waals surface area contributed by atoms with E-state index in [1.807, 2.05) is 13.8 Å². The molecular weight excluding hydrogens is 374 g/mol. The normalized spacial score (nSPS) is 11.8. The van der Waals surface area contributed by atoms with Gasteiger partial charge in [0, 0.05) is 35.5 Å². The summed E-state index contributed by atoms with van der Waals surface area (Å²) in [5, 5.41) is 3.95. The van der Waals surface area contributed by atoms with Crippen molar-refractivity contribution >= 4 is 44.8 Å². The predicted octanol–water partition coefficient (Wildman–Crippen LogP) is 3.02. The molecule has 144 valence electrons. The Labute approximate surface area is 161 Å². The van der Waals surface area contributed by atoms with Crippen LogP contribution in [0.2, 0.25) is 0 Å². The molecule has 2 aromatic rings. The molecule has 0 spiro atoms. The Morgan fingerprint density at radius 2 is 1.65 bits per heavy atom. The third-order valence-electron chi connectivity index (χ3n) is 4.51. The molecule has 0 aliphatic rings. The van der Waals surface area contributed by atoms with Crippen LogP contribution >= 0.6 is 12.4 Å². The minimum absolute atomic E-state index is 0. The van der Waals surface area contributed by atoms with E-state index in [0.717, 1.165) is 0 Å². The van der Waals surface area contributed by atoms with Crippen LogP contribution in [-0.2, 0) is 14.8 Å². The summed E-state index contributed by atoms with van der Waals surface area (Å²) in [6.45, 7) is 5.46. The molecule has 0 bridgehead atoms. The maximum Gasteiger partial charge on any atom is 0.241 e. The quantitative estimate of drug-likeness (QED) is 0.666. The second-order valence-corrected chi connectivity index (χ2v) is 7.97. The molecule has 0 saturated carbocycles. The van der Waals surface area contributed by atoms with E-state index in [0.29, 0.717) is 29.3 Å². The second-order valence-electron chi connectivity index (χ2n) is 6.23. The van der Waals surface area contributed by atoms with E-state index in [-0.39, 0.29) is 29.8 Å². The highest BCUT2D eigenvalue weighted by Gasteiger charge is 2.25. The third-order valence-corrected chi connectivity index (χ3v) is 5.97. The Hall–Kier alpha value is -1.67. The van der Waals surface area contributed by atoms with Gasteiger partial charge in [-0.05, 0) is 25.0 Å². The van der Waals surface area contributed by atoms with E-state index in [4.69, 9.17) is 5.73 Å². The molecule has 0 aliphatic carbocycles. The molecule has 8 heteroatoms. The number of carbonyl (C=O) groups is 1. The van der Waals surface area contributed by atoms with Gasteiger partial charge in [-0.2, -0.15) is 0 Å². The molecule has 0 aliphatic heterocycles. The molecule has 0 atom stereocenters. The summed E-state index contributed by atoms with van der Waals surface area (Å²) in [5.74, 6) is -0.210. The van der Waals surface area contributed by atoms with Crippen molar-refractivity contribution < 1.29 is 13.2 Å². The minimum Gasteiger partial charge on any atom is -0.326 e. The zero-order valence-electron chi connectivity index (χ0n) is 15.2. The highest BCUT2D eigenvalue weighted by molar-refractivity contribution is 7.89. The highest BCUT2D eigenvalue weighted by Crippen LogP contribution is 2.29. The molecule has 6 nitrogen and oxygen atoms in total. The highest BCUT2D eigenvalue weighted by atomic mass is 35.5. The zero-order valence-corrected chi connectivity index (χ0v) is 16.8. The number of amides is 1. The molecule has 1 amide bonds. The van der Waals surface area contributed by atoms with E-state index in [1.54, 1.807) is 30.3 Å². The lowest BCUT2D eigenvalue weighted by atomic mass is 9.95. The summed E-state index contributed by atoms with van der Waals surface area (Å²) in [6, 6.07) is 10.2. The van der Waals surface area contributed by atoms with Crippen LogP contribution in [0.5, 0.6) is 0 Å². The van der Waals surface area contributed by atoms with Gasteiger partial charge in [-0.3, -0.25) is 4.79 Å². The lowest BCUT2D eigenvalue weighted by Gasteiger charge is -2.26. The summed E-state index contributed by atoms with van der Waals surface area (Å²) in [5.41, 5.74) is 6.21. The number of nitrogens with one attached hydrogen (secondary N) is 2. The predicted molar refractivity (Wildman–Crippen MR) is 108 cm³/mol. The summed E-state index contributed by atoms with van der Waals surface area (Å²) in [4.78, 5) is 11.5. The van der Waals surface area contributed by atoms with Crippen LogP contribution in [0.15, 0.2) is 41.3 Å². The molecule has 0 fully saturated rings. The third kappa shape index (κ3) is 4.94. The summed E-state index contributed by atoms with van der Waals surface area (Å²) in [6.07, 6.45) is 1.35. The standard InChI is InChI=1S/C18H25N3O3S.ClH/c1-4-18(19,5-2)12-20-25(23,24)17-11-10-16(21-13(3)22)14-8-6-7-9-15(14)17;/h6-11,20H,4-5,12,19H2,1-3H3,(H,21,22);1H. The number of benzene rings is 2. The van der Waals surface area contributed by atoms with Crippen molar-refractivity contribution in [2.24, 2.45) is 5.73 Å². The van der Waals surface area contributed by atoms with E-state index in [1.165, 1.54) is 13.0 Å². The number of hydrogen-bond acceptors (Lipinski definition) is 4. The average molecular weight is 400 g/mol. The van der Waals surface area contributed by atoms with Crippen molar-refractivity contribution in [3.8, 4) is 0 Å². The molecule has 0 heterocycles. The summed E-state index contributed by atoms with van der Waals surface area (Å²) < 4.78 is 28.2. The molecule has 4 N–H and O–H groups in total. The van der Waals surface area contributed by atoms with Crippen molar-refractivity contribution in [1.29, 1.82) is 0 Å². The first kappa shape index (κ1) is 22.4. The molecule has 2 aromatic carbocycles. The van der Waals surface area contributed by atoms with Gasteiger partial charge in [0.05, 0.1) is 4.90 Å². The molecule has 0 saturated heterocycles. The summed E-state index contributed by atoms with van der Waals surface area (Å²) in [7, 11) is -3.73. The Balaban J connectivity index is 0.00000338. The number of sulfonamides is 1. The van der Waals surface area contributed by atoms with Crippen LogP contribution in [0, 0.1) is 0 Å². The first-order valence-electron chi connectivity index (χ1n) is 8.30. The van der Waals surface area contributed by atoms with Crippen molar-refractivity contribution in [1.82, 2.24) is 4.72 Å². The lowest BCUT2D eigenvalue weighted by molar-refractivity contribution is -0.114. The van der Waals surface area contributed by atoms with Crippen LogP contribution in [-0.4, -0.2) is 26.4 Å². The van der Waals surface area contributed by atoms with Crippen molar-refractivity contribution in [2.45, 2.75) is 44.0 Å². The second kappa shape index (κ2) is 8.81. The maximum atomic E-state index is 12.8. The van der Waals surface area contributed by atoms with E-state index in [9.17, 15) is 13.2 Å². The van der Waals surface area contributed by atoms with Crippen LogP contribution in [0.4, 0.5) is 5.69 Å². The molecule has 2 rings (SSSR count). The van der Waals surface area contributed by atoms with Crippen molar-refractivity contribution in [3.05, 3.63) is 36.4 Å². The van der Waals surface area contributed by atoms with Gasteiger partial charge in [0.2, 0.25) is 15.9 Å². The fourth-order valence-corrected chi connectivity index (χ4v) is 3.97. The van der Waals surface area contributed by atoms with Gasteiger partial charge in [0.1, 0.15) is 0 Å². The van der Waals surface area contributed by atoms with Crippen molar-refractivity contribution in [3.63, 3.8) is 0 Å².